The zero-order valence-electron chi connectivity index (χ0n) is 17.5. The molecule has 0 radical (unpaired) electrons. The molecule has 1 aliphatic heterocycles. The zero-order valence-corrected chi connectivity index (χ0v) is 17.5. The summed E-state index contributed by atoms with van der Waals surface area (Å²) >= 11 is 0. The standard InChI is InChI=1S/C22H34FN3O2/c1-16-5-4-6-20(17(16)2)24-22(27)15-26-11-9-25(10-12-26)14-18-13-19(23)7-8-21(18)28-3/h7-8,13,16-17,20H,4-6,9-12,14-15H2,1-3H3,(H,24,27)/p+2/t16-,17-,20+/m1/s1. The highest BCUT2D eigenvalue weighted by molar-refractivity contribution is 5.77. The van der Waals surface area contributed by atoms with Gasteiger partial charge < -0.3 is 19.9 Å². The number of hydrogen-bond acceptors (Lipinski definition) is 2. The van der Waals surface area contributed by atoms with Crippen molar-refractivity contribution in [3.8, 4) is 5.75 Å². The van der Waals surface area contributed by atoms with E-state index in [0.29, 0.717) is 24.4 Å². The summed E-state index contributed by atoms with van der Waals surface area (Å²) in [7, 11) is 1.63. The van der Waals surface area contributed by atoms with E-state index in [2.05, 4.69) is 19.2 Å². The molecule has 1 aliphatic carbocycles. The monoisotopic (exact) mass is 393 g/mol. The number of benzene rings is 1. The second-order valence-corrected chi connectivity index (χ2v) is 8.75. The van der Waals surface area contributed by atoms with Gasteiger partial charge in [-0.1, -0.05) is 26.7 Å². The summed E-state index contributed by atoms with van der Waals surface area (Å²) in [5, 5.41) is 3.29. The lowest BCUT2D eigenvalue weighted by Gasteiger charge is -2.35. The van der Waals surface area contributed by atoms with Crippen LogP contribution in [0.4, 0.5) is 4.39 Å². The number of nitrogens with one attached hydrogen (secondary N) is 3. The number of carbonyl (C=O) groups is 1. The first kappa shape index (κ1) is 21.1. The molecule has 6 heteroatoms. The van der Waals surface area contributed by atoms with Crippen LogP contribution in [0.25, 0.3) is 0 Å². The average Bonchev–Trinajstić information content (AvgIpc) is 2.67. The summed E-state index contributed by atoms with van der Waals surface area (Å²) in [6.45, 7) is 9.80. The van der Waals surface area contributed by atoms with E-state index in [1.54, 1.807) is 19.2 Å². The van der Waals surface area contributed by atoms with Gasteiger partial charge in [0.15, 0.2) is 6.54 Å². The number of hydrogen-bond donors (Lipinski definition) is 3. The van der Waals surface area contributed by atoms with Crippen molar-refractivity contribution in [3.63, 3.8) is 0 Å². The molecule has 0 aromatic heterocycles. The summed E-state index contributed by atoms with van der Waals surface area (Å²) in [5.41, 5.74) is 0.916. The number of halogens is 1. The van der Waals surface area contributed by atoms with Crippen LogP contribution in [0.5, 0.6) is 5.75 Å². The summed E-state index contributed by atoms with van der Waals surface area (Å²) < 4.78 is 18.9. The Morgan fingerprint density at radius 2 is 1.89 bits per heavy atom. The highest BCUT2D eigenvalue weighted by atomic mass is 19.1. The molecule has 0 unspecified atom stereocenters. The van der Waals surface area contributed by atoms with E-state index in [9.17, 15) is 9.18 Å². The highest BCUT2D eigenvalue weighted by Crippen LogP contribution is 2.29. The number of carbonyl (C=O) groups excluding carboxylic acids is 1. The van der Waals surface area contributed by atoms with Crippen LogP contribution in [-0.2, 0) is 11.3 Å². The Morgan fingerprint density at radius 3 is 2.61 bits per heavy atom. The number of ether oxygens (including phenoxy) is 1. The molecule has 1 heterocycles. The Labute approximate surface area is 168 Å². The molecular weight excluding hydrogens is 357 g/mol. The molecule has 5 nitrogen and oxygen atoms in total. The van der Waals surface area contributed by atoms with E-state index in [-0.39, 0.29) is 11.7 Å². The predicted octanol–water partition coefficient (Wildman–Crippen LogP) is 0.0586. The molecule has 156 valence electrons. The van der Waals surface area contributed by atoms with E-state index in [0.717, 1.165) is 50.5 Å². The van der Waals surface area contributed by atoms with Gasteiger partial charge in [-0.05, 0) is 36.5 Å². The number of methoxy groups -OCH3 is 1. The van der Waals surface area contributed by atoms with Gasteiger partial charge >= 0.3 is 0 Å². The third-order valence-corrected chi connectivity index (χ3v) is 6.81. The van der Waals surface area contributed by atoms with E-state index >= 15 is 0 Å². The summed E-state index contributed by atoms with van der Waals surface area (Å²) in [5.74, 6) is 1.98. The van der Waals surface area contributed by atoms with Crippen molar-refractivity contribution in [2.24, 2.45) is 11.8 Å². The van der Waals surface area contributed by atoms with Gasteiger partial charge in [-0.15, -0.1) is 0 Å². The Balaban J connectivity index is 1.44. The highest BCUT2D eigenvalue weighted by Gasteiger charge is 2.30. The second-order valence-electron chi connectivity index (χ2n) is 8.75. The maximum atomic E-state index is 13.6. The Morgan fingerprint density at radius 1 is 1.18 bits per heavy atom. The van der Waals surface area contributed by atoms with Crippen LogP contribution in [0.3, 0.4) is 0 Å². The fourth-order valence-corrected chi connectivity index (χ4v) is 4.74. The van der Waals surface area contributed by atoms with Gasteiger partial charge in [0.1, 0.15) is 44.3 Å². The van der Waals surface area contributed by atoms with Crippen molar-refractivity contribution in [1.82, 2.24) is 5.32 Å². The first-order chi connectivity index (χ1) is 13.5. The minimum absolute atomic E-state index is 0.191. The third-order valence-electron chi connectivity index (χ3n) is 6.81. The van der Waals surface area contributed by atoms with Crippen molar-refractivity contribution in [2.75, 3.05) is 39.8 Å². The molecule has 2 aliphatic rings. The van der Waals surface area contributed by atoms with Crippen LogP contribution in [0, 0.1) is 17.7 Å². The lowest BCUT2D eigenvalue weighted by molar-refractivity contribution is -1.02. The predicted molar refractivity (Wildman–Crippen MR) is 107 cm³/mol. The lowest BCUT2D eigenvalue weighted by Crippen LogP contribution is -3.28. The summed E-state index contributed by atoms with van der Waals surface area (Å²) in [4.78, 5) is 15.3. The molecule has 1 aromatic rings. The Hall–Kier alpha value is -1.66. The second kappa shape index (κ2) is 9.70. The number of piperazine rings is 1. The van der Waals surface area contributed by atoms with Crippen LogP contribution >= 0.6 is 0 Å². The quantitative estimate of drug-likeness (QED) is 0.640. The number of quaternary nitrogens is 2. The lowest BCUT2D eigenvalue weighted by atomic mass is 9.78. The molecule has 3 atom stereocenters. The van der Waals surface area contributed by atoms with Crippen LogP contribution in [0.2, 0.25) is 0 Å². The van der Waals surface area contributed by atoms with Gasteiger partial charge in [0, 0.05) is 6.04 Å². The summed E-state index contributed by atoms with van der Waals surface area (Å²) in [6.07, 6.45) is 3.61. The Bertz CT molecular complexity index is 661. The third kappa shape index (κ3) is 5.45. The van der Waals surface area contributed by atoms with Crippen molar-refractivity contribution >= 4 is 5.91 Å². The molecule has 1 aromatic carbocycles. The molecule has 3 rings (SSSR count). The van der Waals surface area contributed by atoms with E-state index in [1.807, 2.05) is 0 Å². The number of rotatable bonds is 6. The number of amides is 1. The van der Waals surface area contributed by atoms with Crippen LogP contribution in [0.1, 0.15) is 38.7 Å². The average molecular weight is 394 g/mol. The molecule has 1 saturated carbocycles. The minimum atomic E-state index is -0.220. The van der Waals surface area contributed by atoms with Crippen molar-refractivity contribution < 1.29 is 23.7 Å². The minimum Gasteiger partial charge on any atom is -0.496 e. The molecular formula is C22H36FN3O2+2. The van der Waals surface area contributed by atoms with Crippen LogP contribution < -0.4 is 19.9 Å². The van der Waals surface area contributed by atoms with Crippen molar-refractivity contribution in [2.45, 2.75) is 45.7 Å². The normalized spacial score (nSPS) is 30.6. The van der Waals surface area contributed by atoms with Gasteiger partial charge in [-0.25, -0.2) is 4.39 Å². The molecule has 0 spiro atoms. The van der Waals surface area contributed by atoms with Crippen LogP contribution in [0.15, 0.2) is 18.2 Å². The molecule has 0 bridgehead atoms. The molecule has 1 amide bonds. The van der Waals surface area contributed by atoms with Crippen molar-refractivity contribution in [1.29, 1.82) is 0 Å². The smallest absolute Gasteiger partial charge is 0.275 e. The van der Waals surface area contributed by atoms with E-state index in [4.69, 9.17) is 4.74 Å². The fourth-order valence-electron chi connectivity index (χ4n) is 4.74. The Kier molecular flexibility index (Phi) is 7.30. The molecule has 28 heavy (non-hydrogen) atoms. The van der Waals surface area contributed by atoms with Gasteiger partial charge in [0.2, 0.25) is 0 Å². The van der Waals surface area contributed by atoms with E-state index < -0.39 is 0 Å². The summed E-state index contributed by atoms with van der Waals surface area (Å²) in [6, 6.07) is 5.04. The largest absolute Gasteiger partial charge is 0.496 e. The zero-order chi connectivity index (χ0) is 20.1. The van der Waals surface area contributed by atoms with Gasteiger partial charge in [0.25, 0.3) is 5.91 Å². The molecule has 1 saturated heterocycles. The van der Waals surface area contributed by atoms with Gasteiger partial charge in [-0.2, -0.15) is 0 Å². The first-order valence-corrected chi connectivity index (χ1v) is 10.7. The van der Waals surface area contributed by atoms with Crippen LogP contribution in [-0.4, -0.2) is 51.8 Å². The maximum Gasteiger partial charge on any atom is 0.275 e. The first-order valence-electron chi connectivity index (χ1n) is 10.7. The van der Waals surface area contributed by atoms with Crippen molar-refractivity contribution in [3.05, 3.63) is 29.6 Å². The SMILES string of the molecule is COc1ccc(F)cc1C[NH+]1CC[NH+](CC(=O)N[C@H]2CCC[C@@H](C)[C@H]2C)CC1. The van der Waals surface area contributed by atoms with Gasteiger partial charge in [0.05, 0.1) is 12.7 Å². The topological polar surface area (TPSA) is 47.2 Å². The maximum absolute atomic E-state index is 13.6. The van der Waals surface area contributed by atoms with E-state index in [1.165, 1.54) is 28.7 Å². The molecule has 3 N–H and O–H groups in total. The fraction of sp³-hybridized carbons (Fsp3) is 0.682. The molecule has 2 fully saturated rings. The van der Waals surface area contributed by atoms with Gasteiger partial charge in [-0.3, -0.25) is 4.79 Å².